The van der Waals surface area contributed by atoms with Crippen LogP contribution in [0.25, 0.3) is 0 Å². The van der Waals surface area contributed by atoms with Gasteiger partial charge in [0.1, 0.15) is 5.84 Å². The van der Waals surface area contributed by atoms with E-state index in [0.29, 0.717) is 22.7 Å². The molecule has 6 N–H and O–H groups in total. The second-order valence-electron chi connectivity index (χ2n) is 6.72. The highest BCUT2D eigenvalue weighted by Gasteiger charge is 2.09. The van der Waals surface area contributed by atoms with Crippen molar-refractivity contribution in [2.75, 3.05) is 19.6 Å². The van der Waals surface area contributed by atoms with Crippen LogP contribution in [-0.4, -0.2) is 37.3 Å². The lowest BCUT2D eigenvalue weighted by Crippen LogP contribution is -2.41. The van der Waals surface area contributed by atoms with Gasteiger partial charge in [0.15, 0.2) is 0 Å². The Labute approximate surface area is 175 Å². The number of nitrogen functional groups attached to an aromatic ring is 1. The Balaban J connectivity index is 1.66. The highest BCUT2D eigenvalue weighted by atomic mass is 35.5. The zero-order valence-electron chi connectivity index (χ0n) is 16.3. The number of benzene rings is 2. The zero-order chi connectivity index (χ0) is 21.2. The van der Waals surface area contributed by atoms with Crippen molar-refractivity contribution in [3.8, 4) is 0 Å². The molecule has 0 radical (unpaired) electrons. The minimum atomic E-state index is -0.317. The van der Waals surface area contributed by atoms with E-state index >= 15 is 0 Å². The lowest BCUT2D eigenvalue weighted by atomic mass is 10.0. The summed E-state index contributed by atoms with van der Waals surface area (Å²) in [6, 6.07) is 15.0. The molecule has 8 heteroatoms. The topological polar surface area (TPSA) is 120 Å². The highest BCUT2D eigenvalue weighted by molar-refractivity contribution is 6.31. The van der Waals surface area contributed by atoms with Crippen molar-refractivity contribution < 1.29 is 9.59 Å². The molecule has 154 valence electrons. The lowest BCUT2D eigenvalue weighted by Gasteiger charge is -2.13. The summed E-state index contributed by atoms with van der Waals surface area (Å²) < 4.78 is 0. The van der Waals surface area contributed by atoms with Gasteiger partial charge < -0.3 is 21.7 Å². The Morgan fingerprint density at radius 2 is 1.76 bits per heavy atom. The van der Waals surface area contributed by atoms with Crippen molar-refractivity contribution in [2.24, 2.45) is 5.73 Å². The predicted octanol–water partition coefficient (Wildman–Crippen LogP) is 1.75. The Morgan fingerprint density at radius 1 is 1.07 bits per heavy atom. The van der Waals surface area contributed by atoms with Crippen molar-refractivity contribution in [3.05, 3.63) is 70.2 Å². The molecule has 2 aromatic carbocycles. The third-order valence-electron chi connectivity index (χ3n) is 4.39. The molecule has 0 heterocycles. The van der Waals surface area contributed by atoms with Gasteiger partial charge in [0.2, 0.25) is 11.8 Å². The van der Waals surface area contributed by atoms with E-state index in [-0.39, 0.29) is 43.2 Å². The summed E-state index contributed by atoms with van der Waals surface area (Å²) in [6.07, 6.45) is 0. The summed E-state index contributed by atoms with van der Waals surface area (Å²) in [5, 5.41) is 16.2. The van der Waals surface area contributed by atoms with E-state index in [0.717, 1.165) is 0 Å². The summed E-state index contributed by atoms with van der Waals surface area (Å²) >= 11 is 6.13. The molecule has 0 aliphatic rings. The SMILES string of the molecule is CC(CNCC(=O)NCC(=O)NCc1ccc(C(=N)N)cc1Cl)c1ccccc1. The average Bonchev–Trinajstić information content (AvgIpc) is 2.71. The third-order valence-corrected chi connectivity index (χ3v) is 4.74. The van der Waals surface area contributed by atoms with Crippen LogP contribution in [0.5, 0.6) is 0 Å². The third kappa shape index (κ3) is 7.56. The number of nitrogens with one attached hydrogen (secondary N) is 4. The van der Waals surface area contributed by atoms with Crippen LogP contribution in [0.4, 0.5) is 0 Å². The summed E-state index contributed by atoms with van der Waals surface area (Å²) in [5.74, 6) is -0.352. The van der Waals surface area contributed by atoms with Crippen molar-refractivity contribution in [1.29, 1.82) is 5.41 Å². The van der Waals surface area contributed by atoms with Crippen LogP contribution in [0, 0.1) is 5.41 Å². The van der Waals surface area contributed by atoms with Gasteiger partial charge in [0, 0.05) is 23.7 Å². The smallest absolute Gasteiger partial charge is 0.239 e. The quantitative estimate of drug-likeness (QED) is 0.300. The average molecular weight is 416 g/mol. The van der Waals surface area contributed by atoms with Crippen LogP contribution in [0.3, 0.4) is 0 Å². The Kier molecular flexibility index (Phi) is 8.64. The fourth-order valence-corrected chi connectivity index (χ4v) is 2.90. The first-order valence-corrected chi connectivity index (χ1v) is 9.66. The first-order chi connectivity index (χ1) is 13.9. The molecular formula is C21H26ClN5O2. The van der Waals surface area contributed by atoms with E-state index in [9.17, 15) is 9.59 Å². The van der Waals surface area contributed by atoms with Crippen LogP contribution < -0.4 is 21.7 Å². The molecule has 0 saturated heterocycles. The largest absolute Gasteiger partial charge is 0.384 e. The minimum absolute atomic E-state index is 0.0723. The second kappa shape index (κ2) is 11.2. The molecule has 0 bridgehead atoms. The van der Waals surface area contributed by atoms with Crippen LogP contribution in [-0.2, 0) is 16.1 Å². The second-order valence-corrected chi connectivity index (χ2v) is 7.12. The number of carbonyl (C=O) groups excluding carboxylic acids is 2. The number of amidine groups is 1. The van der Waals surface area contributed by atoms with E-state index in [1.54, 1.807) is 18.2 Å². The summed E-state index contributed by atoms with van der Waals surface area (Å²) in [4.78, 5) is 23.8. The fourth-order valence-electron chi connectivity index (χ4n) is 2.66. The molecule has 2 rings (SSSR count). The maximum Gasteiger partial charge on any atom is 0.239 e. The van der Waals surface area contributed by atoms with Gasteiger partial charge in [-0.05, 0) is 23.1 Å². The number of rotatable bonds is 10. The molecule has 0 aliphatic carbocycles. The van der Waals surface area contributed by atoms with Crippen molar-refractivity contribution in [2.45, 2.75) is 19.4 Å². The standard InChI is InChI=1S/C21H26ClN5O2/c1-14(15-5-3-2-4-6-15)10-25-12-19(28)27-13-20(29)26-11-17-8-7-16(21(23)24)9-18(17)22/h2-9,14,25H,10-13H2,1H3,(H3,23,24)(H,26,29)(H,27,28). The monoisotopic (exact) mass is 415 g/mol. The zero-order valence-corrected chi connectivity index (χ0v) is 17.1. The van der Waals surface area contributed by atoms with Crippen LogP contribution in [0.2, 0.25) is 5.02 Å². The number of carbonyl (C=O) groups is 2. The molecule has 0 saturated carbocycles. The van der Waals surface area contributed by atoms with E-state index in [1.807, 2.05) is 18.2 Å². The maximum absolute atomic E-state index is 11.9. The molecule has 1 unspecified atom stereocenters. The van der Waals surface area contributed by atoms with Crippen LogP contribution in [0.15, 0.2) is 48.5 Å². The summed E-state index contributed by atoms with van der Waals surface area (Å²) in [5.41, 5.74) is 7.84. The van der Waals surface area contributed by atoms with Gasteiger partial charge in [-0.15, -0.1) is 0 Å². The van der Waals surface area contributed by atoms with Gasteiger partial charge in [-0.1, -0.05) is 61.0 Å². The molecule has 7 nitrogen and oxygen atoms in total. The van der Waals surface area contributed by atoms with Gasteiger partial charge in [-0.3, -0.25) is 15.0 Å². The Hall–Kier alpha value is -2.90. The normalized spacial score (nSPS) is 11.5. The van der Waals surface area contributed by atoms with Crippen molar-refractivity contribution in [3.63, 3.8) is 0 Å². The van der Waals surface area contributed by atoms with Gasteiger partial charge in [0.05, 0.1) is 13.1 Å². The fraction of sp³-hybridized carbons (Fsp3) is 0.286. The van der Waals surface area contributed by atoms with Crippen LogP contribution >= 0.6 is 11.6 Å². The Morgan fingerprint density at radius 3 is 2.41 bits per heavy atom. The maximum atomic E-state index is 11.9. The molecule has 0 spiro atoms. The molecule has 29 heavy (non-hydrogen) atoms. The van der Waals surface area contributed by atoms with Gasteiger partial charge in [-0.25, -0.2) is 0 Å². The molecule has 2 amide bonds. The Bertz CT molecular complexity index is 857. The molecule has 0 fully saturated rings. The first-order valence-electron chi connectivity index (χ1n) is 9.28. The number of amides is 2. The van der Waals surface area contributed by atoms with E-state index in [2.05, 4.69) is 35.0 Å². The van der Waals surface area contributed by atoms with Crippen molar-refractivity contribution >= 4 is 29.3 Å². The molecular weight excluding hydrogens is 390 g/mol. The molecule has 2 aromatic rings. The highest BCUT2D eigenvalue weighted by Crippen LogP contribution is 2.17. The predicted molar refractivity (Wildman–Crippen MR) is 115 cm³/mol. The molecule has 0 aromatic heterocycles. The van der Waals surface area contributed by atoms with E-state index in [1.165, 1.54) is 5.56 Å². The van der Waals surface area contributed by atoms with Crippen molar-refractivity contribution in [1.82, 2.24) is 16.0 Å². The van der Waals surface area contributed by atoms with Crippen LogP contribution in [0.1, 0.15) is 29.5 Å². The van der Waals surface area contributed by atoms with E-state index in [4.69, 9.17) is 22.7 Å². The van der Waals surface area contributed by atoms with Gasteiger partial charge in [0.25, 0.3) is 0 Å². The number of hydrogen-bond acceptors (Lipinski definition) is 4. The number of hydrogen-bond donors (Lipinski definition) is 5. The summed E-state index contributed by atoms with van der Waals surface area (Å²) in [7, 11) is 0. The molecule has 1 atom stereocenters. The minimum Gasteiger partial charge on any atom is -0.384 e. The lowest BCUT2D eigenvalue weighted by molar-refractivity contribution is -0.125. The van der Waals surface area contributed by atoms with E-state index < -0.39 is 0 Å². The molecule has 0 aliphatic heterocycles. The number of nitrogens with two attached hydrogens (primary N) is 1. The van der Waals surface area contributed by atoms with Gasteiger partial charge >= 0.3 is 0 Å². The number of halogens is 1. The summed E-state index contributed by atoms with van der Waals surface area (Å²) in [6.45, 7) is 3.00. The first kappa shape index (κ1) is 22.4. The van der Waals surface area contributed by atoms with Gasteiger partial charge in [-0.2, -0.15) is 0 Å².